The number of halogens is 1. The highest BCUT2D eigenvalue weighted by atomic mass is 35.5. The molecule has 0 spiro atoms. The minimum absolute atomic E-state index is 0.800. The van der Waals surface area contributed by atoms with Gasteiger partial charge in [0.2, 0.25) is 0 Å². The molecule has 2 heterocycles. The molecule has 1 aromatic rings. The number of hydrogen-bond acceptors (Lipinski definition) is 1. The molecule has 0 fully saturated rings. The van der Waals surface area contributed by atoms with Gasteiger partial charge in [-0.25, -0.2) is 0 Å². The molecule has 0 saturated heterocycles. The summed E-state index contributed by atoms with van der Waals surface area (Å²) >= 11 is 6.15. The van der Waals surface area contributed by atoms with Crippen molar-refractivity contribution >= 4 is 23.5 Å². The van der Waals surface area contributed by atoms with Crippen LogP contribution >= 0.6 is 11.6 Å². The molecule has 1 aromatic heterocycles. The van der Waals surface area contributed by atoms with Crippen molar-refractivity contribution in [3.8, 4) is 0 Å². The van der Waals surface area contributed by atoms with Gasteiger partial charge >= 0.3 is 0 Å². The molecule has 1 aliphatic heterocycles. The maximum Gasteiger partial charge on any atom is 0.0873 e. The van der Waals surface area contributed by atoms with Crippen LogP contribution in [0.4, 0.5) is 0 Å². The average molecular weight is 223 g/mol. The first-order valence-corrected chi connectivity index (χ1v) is 5.68. The zero-order valence-corrected chi connectivity index (χ0v) is 9.80. The van der Waals surface area contributed by atoms with Gasteiger partial charge in [-0.05, 0) is 18.9 Å². The third-order valence-electron chi connectivity index (χ3n) is 2.50. The predicted octanol–water partition coefficient (Wildman–Crippen LogP) is 3.70. The Morgan fingerprint density at radius 2 is 2.27 bits per heavy atom. The lowest BCUT2D eigenvalue weighted by Gasteiger charge is -2.20. The van der Waals surface area contributed by atoms with Crippen molar-refractivity contribution in [2.75, 3.05) is 0 Å². The van der Waals surface area contributed by atoms with Gasteiger partial charge in [-0.3, -0.25) is 0 Å². The van der Waals surface area contributed by atoms with Crippen molar-refractivity contribution in [2.45, 2.75) is 26.7 Å². The van der Waals surface area contributed by atoms with Gasteiger partial charge in [0.15, 0.2) is 0 Å². The number of nitrogens with zero attached hydrogens (tertiary/aromatic N) is 1. The molecule has 1 aliphatic rings. The number of rotatable bonds is 2. The summed E-state index contributed by atoms with van der Waals surface area (Å²) in [5, 5.41) is 4.20. The minimum atomic E-state index is 0.800. The molecule has 15 heavy (non-hydrogen) atoms. The van der Waals surface area contributed by atoms with Crippen molar-refractivity contribution in [3.05, 3.63) is 34.8 Å². The van der Waals surface area contributed by atoms with Crippen LogP contribution in [0.2, 0.25) is 5.02 Å². The average Bonchev–Trinajstić information content (AvgIpc) is 2.61. The fourth-order valence-electron chi connectivity index (χ4n) is 1.76. The quantitative estimate of drug-likeness (QED) is 0.808. The van der Waals surface area contributed by atoms with Crippen LogP contribution in [0.3, 0.4) is 0 Å². The fourth-order valence-corrected chi connectivity index (χ4v) is 2.02. The molecular weight excluding hydrogens is 208 g/mol. The summed E-state index contributed by atoms with van der Waals surface area (Å²) in [6.07, 6.45) is 8.25. The Labute approximate surface area is 95.2 Å². The first kappa shape index (κ1) is 10.4. The lowest BCUT2D eigenvalue weighted by atomic mass is 10.2. The molecule has 0 atom stereocenters. The monoisotopic (exact) mass is 222 g/mol. The topological polar surface area (TPSA) is 17.0 Å². The smallest absolute Gasteiger partial charge is 0.0873 e. The summed E-state index contributed by atoms with van der Waals surface area (Å²) in [5.74, 6) is 0. The second-order valence-corrected chi connectivity index (χ2v) is 3.99. The van der Waals surface area contributed by atoms with Gasteiger partial charge in [0.05, 0.1) is 16.4 Å². The Morgan fingerprint density at radius 3 is 2.93 bits per heavy atom. The van der Waals surface area contributed by atoms with E-state index in [2.05, 4.69) is 36.0 Å². The van der Waals surface area contributed by atoms with Gasteiger partial charge in [-0.2, -0.15) is 0 Å². The van der Waals surface area contributed by atoms with E-state index in [9.17, 15) is 0 Å². The molecule has 0 unspecified atom stereocenters. The molecule has 0 saturated carbocycles. The summed E-state index contributed by atoms with van der Waals surface area (Å²) in [4.78, 5) is 0. The van der Waals surface area contributed by atoms with E-state index in [-0.39, 0.29) is 0 Å². The van der Waals surface area contributed by atoms with Crippen molar-refractivity contribution in [1.82, 2.24) is 9.88 Å². The fraction of sp³-hybridized carbons (Fsp3) is 0.333. The summed E-state index contributed by atoms with van der Waals surface area (Å²) in [5.41, 5.74) is 3.40. The van der Waals surface area contributed by atoms with E-state index in [1.54, 1.807) is 0 Å². The molecule has 0 aromatic carbocycles. The molecular formula is C12H15ClN2. The zero-order chi connectivity index (χ0) is 10.8. The van der Waals surface area contributed by atoms with Gasteiger partial charge in [0.25, 0.3) is 0 Å². The van der Waals surface area contributed by atoms with Crippen molar-refractivity contribution in [3.63, 3.8) is 0 Å². The molecule has 0 bridgehead atoms. The van der Waals surface area contributed by atoms with Crippen LogP contribution in [0, 0.1) is 0 Å². The second kappa shape index (κ2) is 4.15. The number of allylic oxidation sites excluding steroid dienone is 2. The Hall–Kier alpha value is -1.15. The first-order valence-electron chi connectivity index (χ1n) is 5.30. The largest absolute Gasteiger partial charge is 0.356 e. The summed E-state index contributed by atoms with van der Waals surface area (Å²) < 4.78 is 2.08. The van der Waals surface area contributed by atoms with Crippen LogP contribution in [0.15, 0.2) is 24.0 Å². The Morgan fingerprint density at radius 1 is 1.47 bits per heavy atom. The number of hydrogen-bond donors (Lipinski definition) is 1. The van der Waals surface area contributed by atoms with Crippen molar-refractivity contribution in [2.24, 2.45) is 0 Å². The van der Waals surface area contributed by atoms with Gasteiger partial charge in [0.1, 0.15) is 0 Å². The molecule has 80 valence electrons. The van der Waals surface area contributed by atoms with E-state index in [1.807, 2.05) is 12.3 Å². The molecule has 3 heteroatoms. The first-order chi connectivity index (χ1) is 7.26. The Bertz CT molecular complexity index is 427. The number of fused-ring (bicyclic) bond motifs is 1. The van der Waals surface area contributed by atoms with E-state index < -0.39 is 0 Å². The zero-order valence-electron chi connectivity index (χ0n) is 9.05. The molecule has 2 nitrogen and oxygen atoms in total. The predicted molar refractivity (Wildman–Crippen MR) is 65.4 cm³/mol. The van der Waals surface area contributed by atoms with Gasteiger partial charge in [-0.15, -0.1) is 0 Å². The van der Waals surface area contributed by atoms with Crippen molar-refractivity contribution in [1.29, 1.82) is 0 Å². The third-order valence-corrected chi connectivity index (χ3v) is 2.81. The van der Waals surface area contributed by atoms with Crippen LogP contribution in [-0.2, 0) is 0 Å². The van der Waals surface area contributed by atoms with Gasteiger partial charge in [0, 0.05) is 18.1 Å². The lowest BCUT2D eigenvalue weighted by molar-refractivity contribution is 0.901. The van der Waals surface area contributed by atoms with Gasteiger partial charge in [-0.1, -0.05) is 31.5 Å². The van der Waals surface area contributed by atoms with Gasteiger partial charge < -0.3 is 9.88 Å². The van der Waals surface area contributed by atoms with E-state index in [1.165, 1.54) is 5.70 Å². The van der Waals surface area contributed by atoms with Crippen LogP contribution in [0.5, 0.6) is 0 Å². The maximum absolute atomic E-state index is 6.15. The van der Waals surface area contributed by atoms with E-state index in [0.29, 0.717) is 0 Å². The molecule has 0 radical (unpaired) electrons. The normalized spacial score (nSPS) is 17.3. The maximum atomic E-state index is 6.15. The van der Waals surface area contributed by atoms with Crippen LogP contribution < -0.4 is 5.32 Å². The standard InChI is InChI=1S/C12H15ClN2/c1-3-5-11-12-10(13)6-7-15(12)8-9(4-2)14-11/h5-8,14H,3-4H2,1-2H3/b11-5+. The van der Waals surface area contributed by atoms with Crippen LogP contribution in [0.25, 0.3) is 11.9 Å². The molecule has 1 N–H and O–H groups in total. The highest BCUT2D eigenvalue weighted by Gasteiger charge is 2.16. The molecule has 0 amide bonds. The highest BCUT2D eigenvalue weighted by Crippen LogP contribution is 2.28. The summed E-state index contributed by atoms with van der Waals surface area (Å²) in [6.45, 7) is 4.26. The Kier molecular flexibility index (Phi) is 2.87. The van der Waals surface area contributed by atoms with E-state index in [4.69, 9.17) is 11.6 Å². The van der Waals surface area contributed by atoms with Crippen LogP contribution in [0.1, 0.15) is 32.4 Å². The lowest BCUT2D eigenvalue weighted by Crippen LogP contribution is -2.19. The highest BCUT2D eigenvalue weighted by molar-refractivity contribution is 6.32. The van der Waals surface area contributed by atoms with E-state index in [0.717, 1.165) is 29.3 Å². The number of nitrogens with one attached hydrogen (secondary N) is 1. The van der Waals surface area contributed by atoms with Crippen molar-refractivity contribution < 1.29 is 0 Å². The molecule has 0 aliphatic carbocycles. The SMILES string of the molecule is CC/C=C1/NC(CC)=Cn2ccc(Cl)c21. The number of aromatic nitrogens is 1. The third kappa shape index (κ3) is 1.82. The van der Waals surface area contributed by atoms with Crippen LogP contribution in [-0.4, -0.2) is 4.57 Å². The summed E-state index contributed by atoms with van der Waals surface area (Å²) in [6, 6.07) is 1.93. The second-order valence-electron chi connectivity index (χ2n) is 3.58. The Balaban J connectivity index is 2.51. The van der Waals surface area contributed by atoms with E-state index >= 15 is 0 Å². The summed E-state index contributed by atoms with van der Waals surface area (Å²) in [7, 11) is 0. The minimum Gasteiger partial charge on any atom is -0.356 e. The molecule has 2 rings (SSSR count).